The number of H-pyrrole nitrogens is 2. The molecular formula is C26H28N6O2. The number of amides is 1. The van der Waals surface area contributed by atoms with E-state index in [-0.39, 0.29) is 16.9 Å². The molecule has 8 nitrogen and oxygen atoms in total. The molecule has 1 aliphatic rings. The van der Waals surface area contributed by atoms with Crippen LogP contribution < -0.4 is 10.5 Å². The SMILES string of the molecule is CC(C)(C)c1cc(-c2ccc(C(=O)N3CCN(c4nc5ccccc5c(=O)[nH]4)CC3)cc2)n[nH]1. The molecule has 5 rings (SSSR count). The Morgan fingerprint density at radius 3 is 2.35 bits per heavy atom. The third kappa shape index (κ3) is 4.19. The van der Waals surface area contributed by atoms with Gasteiger partial charge in [-0.1, -0.05) is 45.0 Å². The average molecular weight is 457 g/mol. The van der Waals surface area contributed by atoms with Gasteiger partial charge in [0.25, 0.3) is 11.5 Å². The van der Waals surface area contributed by atoms with Crippen molar-refractivity contribution in [3.8, 4) is 11.3 Å². The lowest BCUT2D eigenvalue weighted by atomic mass is 9.92. The summed E-state index contributed by atoms with van der Waals surface area (Å²) in [7, 11) is 0. The van der Waals surface area contributed by atoms with E-state index in [0.717, 1.165) is 17.0 Å². The van der Waals surface area contributed by atoms with Crippen molar-refractivity contribution in [2.75, 3.05) is 31.1 Å². The topological polar surface area (TPSA) is 98.0 Å². The van der Waals surface area contributed by atoms with Gasteiger partial charge in [-0.05, 0) is 30.3 Å². The molecule has 34 heavy (non-hydrogen) atoms. The first-order valence-corrected chi connectivity index (χ1v) is 11.5. The molecule has 0 saturated carbocycles. The zero-order chi connectivity index (χ0) is 23.9. The minimum atomic E-state index is -0.147. The van der Waals surface area contributed by atoms with Crippen LogP contribution in [0.4, 0.5) is 5.95 Å². The molecule has 2 aromatic heterocycles. The minimum absolute atomic E-state index is 0.00130. The number of carbonyl (C=O) groups is 1. The molecular weight excluding hydrogens is 428 g/mol. The highest BCUT2D eigenvalue weighted by Gasteiger charge is 2.24. The van der Waals surface area contributed by atoms with Crippen molar-refractivity contribution >= 4 is 22.8 Å². The first-order chi connectivity index (χ1) is 16.3. The van der Waals surface area contributed by atoms with Crippen molar-refractivity contribution in [3.05, 3.63) is 76.2 Å². The maximum absolute atomic E-state index is 13.1. The third-order valence-corrected chi connectivity index (χ3v) is 6.28. The average Bonchev–Trinajstić information content (AvgIpc) is 3.35. The van der Waals surface area contributed by atoms with Gasteiger partial charge in [0.05, 0.1) is 16.6 Å². The lowest BCUT2D eigenvalue weighted by Crippen LogP contribution is -2.49. The Bertz CT molecular complexity index is 1390. The highest BCUT2D eigenvalue weighted by Crippen LogP contribution is 2.25. The van der Waals surface area contributed by atoms with Crippen LogP contribution in [-0.2, 0) is 5.41 Å². The van der Waals surface area contributed by atoms with Crippen LogP contribution in [0.3, 0.4) is 0 Å². The van der Waals surface area contributed by atoms with Crippen molar-refractivity contribution in [2.45, 2.75) is 26.2 Å². The van der Waals surface area contributed by atoms with Crippen molar-refractivity contribution in [3.63, 3.8) is 0 Å². The number of aromatic amines is 2. The second-order valence-electron chi connectivity index (χ2n) is 9.68. The molecule has 0 atom stereocenters. The van der Waals surface area contributed by atoms with Gasteiger partial charge in [0.2, 0.25) is 5.95 Å². The Labute approximate surface area is 197 Å². The van der Waals surface area contributed by atoms with E-state index in [1.807, 2.05) is 52.3 Å². The molecule has 174 valence electrons. The molecule has 1 amide bonds. The Morgan fingerprint density at radius 1 is 0.971 bits per heavy atom. The molecule has 8 heteroatoms. The summed E-state index contributed by atoms with van der Waals surface area (Å²) in [5, 5.41) is 8.11. The number of nitrogens with one attached hydrogen (secondary N) is 2. The van der Waals surface area contributed by atoms with E-state index < -0.39 is 0 Å². The number of carbonyl (C=O) groups excluding carboxylic acids is 1. The second-order valence-corrected chi connectivity index (χ2v) is 9.68. The summed E-state index contributed by atoms with van der Waals surface area (Å²) in [6.45, 7) is 8.75. The van der Waals surface area contributed by atoms with Crippen molar-refractivity contribution in [1.82, 2.24) is 25.1 Å². The Balaban J connectivity index is 1.25. The van der Waals surface area contributed by atoms with E-state index in [2.05, 4.69) is 47.0 Å². The van der Waals surface area contributed by atoms with Gasteiger partial charge in [0.15, 0.2) is 0 Å². The van der Waals surface area contributed by atoms with Crippen LogP contribution in [0.25, 0.3) is 22.2 Å². The first-order valence-electron chi connectivity index (χ1n) is 11.5. The standard InChI is InChI=1S/C26H28N6O2/c1-26(2,3)22-16-21(29-30-22)17-8-10-18(11-9-17)24(34)31-12-14-32(15-13-31)25-27-20-7-5-4-6-19(20)23(33)28-25/h4-11,16H,12-15H2,1-3H3,(H,29,30)(H,27,28,33). The maximum Gasteiger partial charge on any atom is 0.260 e. The van der Waals surface area contributed by atoms with Gasteiger partial charge in [-0.2, -0.15) is 5.10 Å². The lowest BCUT2D eigenvalue weighted by Gasteiger charge is -2.35. The van der Waals surface area contributed by atoms with Crippen molar-refractivity contribution in [1.29, 1.82) is 0 Å². The van der Waals surface area contributed by atoms with E-state index in [1.165, 1.54) is 0 Å². The third-order valence-electron chi connectivity index (χ3n) is 6.28. The minimum Gasteiger partial charge on any atom is -0.339 e. The van der Waals surface area contributed by atoms with Crippen LogP contribution in [0.5, 0.6) is 0 Å². The summed E-state index contributed by atoms with van der Waals surface area (Å²) in [6.07, 6.45) is 0. The van der Waals surface area contributed by atoms with E-state index in [9.17, 15) is 9.59 Å². The normalized spacial score (nSPS) is 14.6. The molecule has 2 N–H and O–H groups in total. The van der Waals surface area contributed by atoms with Crippen LogP contribution in [-0.4, -0.2) is 57.2 Å². The van der Waals surface area contributed by atoms with E-state index in [1.54, 1.807) is 6.07 Å². The van der Waals surface area contributed by atoms with Gasteiger partial charge in [0.1, 0.15) is 0 Å². The van der Waals surface area contributed by atoms with Crippen molar-refractivity contribution in [2.24, 2.45) is 0 Å². The zero-order valence-electron chi connectivity index (χ0n) is 19.6. The van der Waals surface area contributed by atoms with Crippen LogP contribution in [0, 0.1) is 0 Å². The molecule has 1 saturated heterocycles. The number of piperazine rings is 1. The molecule has 0 bridgehead atoms. The molecule has 3 heterocycles. The highest BCUT2D eigenvalue weighted by molar-refractivity contribution is 5.94. The molecule has 1 fully saturated rings. The summed E-state index contributed by atoms with van der Waals surface area (Å²) in [6, 6.07) is 17.0. The maximum atomic E-state index is 13.1. The highest BCUT2D eigenvalue weighted by atomic mass is 16.2. The summed E-state index contributed by atoms with van der Waals surface area (Å²) in [5.41, 5.74) is 4.09. The van der Waals surface area contributed by atoms with E-state index in [4.69, 9.17) is 0 Å². The predicted molar refractivity (Wildman–Crippen MR) is 133 cm³/mol. The van der Waals surface area contributed by atoms with Gasteiger partial charge < -0.3 is 9.80 Å². The van der Waals surface area contributed by atoms with Gasteiger partial charge in [-0.15, -0.1) is 0 Å². The second kappa shape index (κ2) is 8.44. The van der Waals surface area contributed by atoms with Crippen molar-refractivity contribution < 1.29 is 4.79 Å². The smallest absolute Gasteiger partial charge is 0.260 e. The fourth-order valence-electron chi connectivity index (χ4n) is 4.17. The molecule has 1 aliphatic heterocycles. The Morgan fingerprint density at radius 2 is 1.68 bits per heavy atom. The number of nitrogens with zero attached hydrogens (tertiary/aromatic N) is 4. The molecule has 0 spiro atoms. The zero-order valence-corrected chi connectivity index (χ0v) is 19.6. The molecule has 4 aromatic rings. The predicted octanol–water partition coefficient (Wildman–Crippen LogP) is 3.57. The summed E-state index contributed by atoms with van der Waals surface area (Å²) < 4.78 is 0. The number of rotatable bonds is 3. The van der Waals surface area contributed by atoms with Crippen LogP contribution in [0.2, 0.25) is 0 Å². The van der Waals surface area contributed by atoms with E-state index in [0.29, 0.717) is 48.6 Å². The largest absolute Gasteiger partial charge is 0.339 e. The van der Waals surface area contributed by atoms with Crippen LogP contribution in [0.1, 0.15) is 36.8 Å². The number of aromatic nitrogens is 4. The number of fused-ring (bicyclic) bond motifs is 1. The fourth-order valence-corrected chi connectivity index (χ4v) is 4.17. The van der Waals surface area contributed by atoms with Crippen LogP contribution >= 0.6 is 0 Å². The van der Waals surface area contributed by atoms with Gasteiger partial charge in [-0.25, -0.2) is 4.98 Å². The summed E-state index contributed by atoms with van der Waals surface area (Å²) in [5.74, 6) is 0.553. The number of benzene rings is 2. The molecule has 0 unspecified atom stereocenters. The Kier molecular flexibility index (Phi) is 5.43. The monoisotopic (exact) mass is 456 g/mol. The molecule has 0 radical (unpaired) electrons. The first kappa shape index (κ1) is 21.9. The lowest BCUT2D eigenvalue weighted by molar-refractivity contribution is 0.0746. The summed E-state index contributed by atoms with van der Waals surface area (Å²) >= 11 is 0. The van der Waals surface area contributed by atoms with Crippen LogP contribution in [0.15, 0.2) is 59.4 Å². The van der Waals surface area contributed by atoms with Gasteiger partial charge >= 0.3 is 0 Å². The molecule has 2 aromatic carbocycles. The number of para-hydroxylation sites is 1. The quantitative estimate of drug-likeness (QED) is 0.491. The van der Waals surface area contributed by atoms with Gasteiger partial charge in [0, 0.05) is 48.4 Å². The van der Waals surface area contributed by atoms with E-state index >= 15 is 0 Å². The Hall–Kier alpha value is -3.94. The number of anilines is 1. The molecule has 0 aliphatic carbocycles. The number of hydrogen-bond donors (Lipinski definition) is 2. The summed E-state index contributed by atoms with van der Waals surface area (Å²) in [4.78, 5) is 36.8. The number of hydrogen-bond acceptors (Lipinski definition) is 5. The fraction of sp³-hybridized carbons (Fsp3) is 0.308. The van der Waals surface area contributed by atoms with Gasteiger partial charge in [-0.3, -0.25) is 19.7 Å².